The molecule has 6 heteroatoms. The second kappa shape index (κ2) is 5.69. The Morgan fingerprint density at radius 1 is 1.00 bits per heavy atom. The number of furan rings is 1. The highest BCUT2D eigenvalue weighted by Gasteiger charge is 2.19. The zero-order valence-electron chi connectivity index (χ0n) is 11.0. The summed E-state index contributed by atoms with van der Waals surface area (Å²) in [4.78, 5) is 7.10. The Bertz CT molecular complexity index is 807. The van der Waals surface area contributed by atoms with Crippen molar-refractivity contribution in [3.05, 3.63) is 66.2 Å². The first-order valence-corrected chi connectivity index (χ1v) is 7.79. The highest BCUT2D eigenvalue weighted by molar-refractivity contribution is 7.89. The molecule has 3 rings (SSSR count). The number of para-hydroxylation sites is 1. The van der Waals surface area contributed by atoms with E-state index in [1.165, 1.54) is 6.07 Å². The molecule has 108 valence electrons. The molecule has 0 unspecified atom stereocenters. The van der Waals surface area contributed by atoms with Crippen molar-refractivity contribution >= 4 is 21.0 Å². The number of sulfonamides is 1. The van der Waals surface area contributed by atoms with Crippen LogP contribution in [0, 0.1) is 0 Å². The van der Waals surface area contributed by atoms with Crippen molar-refractivity contribution in [3.63, 3.8) is 0 Å². The number of hydrogen-bond acceptors (Lipinski definition) is 4. The summed E-state index contributed by atoms with van der Waals surface area (Å²) in [6.45, 7) is 0.139. The number of hydrogen-bond donors (Lipinski definition) is 1. The van der Waals surface area contributed by atoms with E-state index < -0.39 is 10.0 Å². The van der Waals surface area contributed by atoms with Crippen LogP contribution in [0.15, 0.2) is 70.2 Å². The Morgan fingerprint density at radius 2 is 1.71 bits per heavy atom. The van der Waals surface area contributed by atoms with Gasteiger partial charge in [0.05, 0.1) is 6.61 Å². The third-order valence-electron chi connectivity index (χ3n) is 2.92. The van der Waals surface area contributed by atoms with Crippen molar-refractivity contribution in [2.24, 2.45) is 0 Å². The molecular formula is C15H13NO4S. The first-order chi connectivity index (χ1) is 10.1. The van der Waals surface area contributed by atoms with E-state index in [0.29, 0.717) is 5.58 Å². The van der Waals surface area contributed by atoms with E-state index >= 15 is 0 Å². The molecule has 0 atom stereocenters. The van der Waals surface area contributed by atoms with Crippen LogP contribution in [-0.4, -0.2) is 8.42 Å². The smallest absolute Gasteiger partial charge is 0.295 e. The summed E-state index contributed by atoms with van der Waals surface area (Å²) in [5, 5.41) is 0.553. The highest BCUT2D eigenvalue weighted by atomic mass is 32.2. The van der Waals surface area contributed by atoms with Crippen LogP contribution >= 0.6 is 0 Å². The average Bonchev–Trinajstić information content (AvgIpc) is 2.93. The lowest BCUT2D eigenvalue weighted by Crippen LogP contribution is -2.23. The van der Waals surface area contributed by atoms with Crippen molar-refractivity contribution in [3.8, 4) is 0 Å². The maximum Gasteiger partial charge on any atom is 0.295 e. The van der Waals surface area contributed by atoms with E-state index in [9.17, 15) is 8.42 Å². The van der Waals surface area contributed by atoms with Gasteiger partial charge in [0.25, 0.3) is 10.0 Å². The van der Waals surface area contributed by atoms with Gasteiger partial charge < -0.3 is 4.42 Å². The number of fused-ring (bicyclic) bond motifs is 1. The van der Waals surface area contributed by atoms with Crippen molar-refractivity contribution in [1.82, 2.24) is 4.89 Å². The third kappa shape index (κ3) is 3.13. The SMILES string of the molecule is O=S(=O)(NOCc1ccccc1)c1cc2ccccc2o1. The molecule has 0 saturated heterocycles. The Hall–Kier alpha value is -2.15. The minimum Gasteiger partial charge on any atom is -0.443 e. The van der Waals surface area contributed by atoms with Gasteiger partial charge in [0.15, 0.2) is 0 Å². The monoisotopic (exact) mass is 303 g/mol. The van der Waals surface area contributed by atoms with E-state index in [4.69, 9.17) is 9.25 Å². The van der Waals surface area contributed by atoms with E-state index in [-0.39, 0.29) is 11.7 Å². The van der Waals surface area contributed by atoms with E-state index in [1.807, 2.05) is 36.4 Å². The molecule has 0 fully saturated rings. The molecule has 1 N–H and O–H groups in total. The standard InChI is InChI=1S/C15H13NO4S/c17-21(18,16-19-11-12-6-2-1-3-7-12)15-10-13-8-4-5-9-14(13)20-15/h1-10,16H,11H2. The molecule has 1 heterocycles. The molecule has 0 aliphatic rings. The van der Waals surface area contributed by atoms with Crippen LogP contribution in [0.25, 0.3) is 11.0 Å². The van der Waals surface area contributed by atoms with Gasteiger partial charge in [0.1, 0.15) is 5.58 Å². The lowest BCUT2D eigenvalue weighted by atomic mass is 10.2. The lowest BCUT2D eigenvalue weighted by Gasteiger charge is -2.04. The molecule has 2 aromatic carbocycles. The average molecular weight is 303 g/mol. The van der Waals surface area contributed by atoms with E-state index in [0.717, 1.165) is 10.9 Å². The van der Waals surface area contributed by atoms with Crippen LogP contribution in [0.2, 0.25) is 0 Å². The Balaban J connectivity index is 1.71. The number of nitrogens with one attached hydrogen (secondary N) is 1. The molecule has 0 bridgehead atoms. The molecule has 3 aromatic rings. The van der Waals surface area contributed by atoms with Gasteiger partial charge in [-0.15, -0.1) is 0 Å². The van der Waals surface area contributed by atoms with E-state index in [1.54, 1.807) is 18.2 Å². The van der Waals surface area contributed by atoms with Crippen molar-refractivity contribution < 1.29 is 17.7 Å². The van der Waals surface area contributed by atoms with Gasteiger partial charge in [0, 0.05) is 11.5 Å². The highest BCUT2D eigenvalue weighted by Crippen LogP contribution is 2.22. The summed E-state index contributed by atoms with van der Waals surface area (Å²) in [6.07, 6.45) is 0. The van der Waals surface area contributed by atoms with Gasteiger partial charge in [-0.2, -0.15) is 0 Å². The fourth-order valence-electron chi connectivity index (χ4n) is 1.90. The molecule has 0 radical (unpaired) electrons. The largest absolute Gasteiger partial charge is 0.443 e. The van der Waals surface area contributed by atoms with Crippen LogP contribution in [0.1, 0.15) is 5.56 Å². The maximum atomic E-state index is 12.1. The summed E-state index contributed by atoms with van der Waals surface area (Å²) in [6, 6.07) is 17.8. The first kappa shape index (κ1) is 13.8. The zero-order valence-corrected chi connectivity index (χ0v) is 11.8. The minimum atomic E-state index is -3.83. The molecule has 0 saturated carbocycles. The minimum absolute atomic E-state index is 0.139. The molecule has 5 nitrogen and oxygen atoms in total. The zero-order chi connectivity index (χ0) is 14.7. The summed E-state index contributed by atoms with van der Waals surface area (Å²) in [5.74, 6) is 0. The molecule has 0 amide bonds. The Kier molecular flexibility index (Phi) is 3.74. The van der Waals surface area contributed by atoms with Gasteiger partial charge in [-0.1, -0.05) is 53.4 Å². The quantitative estimate of drug-likeness (QED) is 0.736. The van der Waals surface area contributed by atoms with Gasteiger partial charge in [0.2, 0.25) is 5.09 Å². The first-order valence-electron chi connectivity index (χ1n) is 6.31. The fourth-order valence-corrected chi connectivity index (χ4v) is 2.67. The molecule has 21 heavy (non-hydrogen) atoms. The summed E-state index contributed by atoms with van der Waals surface area (Å²) in [5.41, 5.74) is 1.38. The molecule has 1 aromatic heterocycles. The normalized spacial score (nSPS) is 11.8. The van der Waals surface area contributed by atoms with Gasteiger partial charge in [-0.05, 0) is 11.6 Å². The van der Waals surface area contributed by atoms with Crippen LogP contribution in [0.3, 0.4) is 0 Å². The Morgan fingerprint density at radius 3 is 2.48 bits per heavy atom. The second-order valence-corrected chi connectivity index (χ2v) is 6.04. The van der Waals surface area contributed by atoms with Crippen LogP contribution in [-0.2, 0) is 21.5 Å². The summed E-state index contributed by atoms with van der Waals surface area (Å²) >= 11 is 0. The second-order valence-electron chi connectivity index (χ2n) is 4.46. The fraction of sp³-hybridized carbons (Fsp3) is 0.0667. The molecular weight excluding hydrogens is 290 g/mol. The van der Waals surface area contributed by atoms with E-state index in [2.05, 4.69) is 4.89 Å². The lowest BCUT2D eigenvalue weighted by molar-refractivity contribution is 0.0785. The predicted octanol–water partition coefficient (Wildman–Crippen LogP) is 2.84. The molecule has 0 spiro atoms. The van der Waals surface area contributed by atoms with Crippen LogP contribution in [0.5, 0.6) is 0 Å². The number of rotatable bonds is 5. The van der Waals surface area contributed by atoms with Gasteiger partial charge in [-0.25, -0.2) is 8.42 Å². The molecule has 0 aliphatic carbocycles. The van der Waals surface area contributed by atoms with Crippen LogP contribution < -0.4 is 4.89 Å². The number of benzene rings is 2. The summed E-state index contributed by atoms with van der Waals surface area (Å²) in [7, 11) is -3.83. The van der Waals surface area contributed by atoms with Crippen molar-refractivity contribution in [2.45, 2.75) is 11.7 Å². The molecule has 0 aliphatic heterocycles. The van der Waals surface area contributed by atoms with Gasteiger partial charge >= 0.3 is 0 Å². The van der Waals surface area contributed by atoms with Crippen molar-refractivity contribution in [2.75, 3.05) is 0 Å². The van der Waals surface area contributed by atoms with Gasteiger partial charge in [-0.3, -0.25) is 4.84 Å². The Labute approximate surface area is 122 Å². The third-order valence-corrected chi connectivity index (χ3v) is 3.99. The summed E-state index contributed by atoms with van der Waals surface area (Å²) < 4.78 is 29.4. The van der Waals surface area contributed by atoms with Crippen molar-refractivity contribution in [1.29, 1.82) is 0 Å². The maximum absolute atomic E-state index is 12.1. The van der Waals surface area contributed by atoms with Crippen LogP contribution in [0.4, 0.5) is 0 Å². The topological polar surface area (TPSA) is 68.5 Å². The predicted molar refractivity (Wildman–Crippen MR) is 77.8 cm³/mol.